The molecule has 1 atom stereocenters. The average molecular weight is 347 g/mol. The van der Waals surface area contributed by atoms with E-state index in [9.17, 15) is 9.59 Å². The van der Waals surface area contributed by atoms with E-state index in [0.717, 1.165) is 51.4 Å². The molecule has 0 unspecified atom stereocenters. The van der Waals surface area contributed by atoms with Crippen molar-refractivity contribution < 1.29 is 14.7 Å². The predicted octanol–water partition coefficient (Wildman–Crippen LogP) is 4.72. The molecule has 0 radical (unpaired) electrons. The maximum absolute atomic E-state index is 12.1. The monoisotopic (exact) mass is 347 g/mol. The van der Waals surface area contributed by atoms with Gasteiger partial charge in [-0.1, -0.05) is 62.9 Å². The molecule has 0 aliphatic heterocycles. The van der Waals surface area contributed by atoms with Crippen LogP contribution in [0.2, 0.25) is 0 Å². The second-order valence-corrected chi connectivity index (χ2v) is 6.74. The van der Waals surface area contributed by atoms with Crippen molar-refractivity contribution >= 4 is 11.9 Å². The van der Waals surface area contributed by atoms with E-state index < -0.39 is 5.97 Å². The third kappa shape index (κ3) is 11.4. The SMILES string of the molecule is CCCC[C@@H](CCC(=O)O)NC(=O)CCCCCCc1ccccc1. The summed E-state index contributed by atoms with van der Waals surface area (Å²) in [4.78, 5) is 22.8. The van der Waals surface area contributed by atoms with Gasteiger partial charge in [-0.2, -0.15) is 0 Å². The molecule has 0 aromatic heterocycles. The standard InChI is InChI=1S/C21H33NO3/c1-2-3-14-19(16-17-21(24)25)22-20(23)15-10-5-4-7-11-18-12-8-6-9-13-18/h6,8-9,12-13,19H,2-5,7,10-11,14-17H2,1H3,(H,22,23)(H,24,25)/t19-/m0/s1. The number of aryl methyl sites for hydroxylation is 1. The van der Waals surface area contributed by atoms with Crippen LogP contribution in [0.4, 0.5) is 0 Å². The number of amides is 1. The van der Waals surface area contributed by atoms with E-state index in [1.165, 1.54) is 5.56 Å². The maximum atomic E-state index is 12.1. The topological polar surface area (TPSA) is 66.4 Å². The zero-order valence-corrected chi connectivity index (χ0v) is 15.5. The highest BCUT2D eigenvalue weighted by Gasteiger charge is 2.13. The van der Waals surface area contributed by atoms with Crippen molar-refractivity contribution in [2.24, 2.45) is 0 Å². The van der Waals surface area contributed by atoms with Gasteiger partial charge in [0.05, 0.1) is 0 Å². The van der Waals surface area contributed by atoms with Crippen molar-refractivity contribution in [1.82, 2.24) is 5.32 Å². The Balaban J connectivity index is 2.13. The number of rotatable bonds is 14. The van der Waals surface area contributed by atoms with Gasteiger partial charge in [0.15, 0.2) is 0 Å². The summed E-state index contributed by atoms with van der Waals surface area (Å²) in [5.74, 6) is -0.733. The molecule has 1 rings (SSSR count). The van der Waals surface area contributed by atoms with Gasteiger partial charge in [0.2, 0.25) is 5.91 Å². The van der Waals surface area contributed by atoms with E-state index in [4.69, 9.17) is 5.11 Å². The molecule has 0 fully saturated rings. The first-order chi connectivity index (χ1) is 12.1. The molecule has 25 heavy (non-hydrogen) atoms. The molecule has 0 saturated heterocycles. The van der Waals surface area contributed by atoms with E-state index in [0.29, 0.717) is 12.8 Å². The quantitative estimate of drug-likeness (QED) is 0.479. The molecule has 0 spiro atoms. The van der Waals surface area contributed by atoms with Gasteiger partial charge >= 0.3 is 5.97 Å². The zero-order valence-electron chi connectivity index (χ0n) is 15.5. The van der Waals surface area contributed by atoms with Gasteiger partial charge in [0.25, 0.3) is 0 Å². The first-order valence-electron chi connectivity index (χ1n) is 9.67. The number of carboxylic acids is 1. The molecule has 0 aliphatic rings. The summed E-state index contributed by atoms with van der Waals surface area (Å²) in [6, 6.07) is 10.5. The fourth-order valence-corrected chi connectivity index (χ4v) is 2.95. The molecule has 4 nitrogen and oxygen atoms in total. The number of unbranched alkanes of at least 4 members (excludes halogenated alkanes) is 4. The van der Waals surface area contributed by atoms with Crippen LogP contribution in [-0.2, 0) is 16.0 Å². The van der Waals surface area contributed by atoms with Crippen molar-refractivity contribution in [3.05, 3.63) is 35.9 Å². The second kappa shape index (κ2) is 13.5. The molecular formula is C21H33NO3. The number of carbonyl (C=O) groups is 2. The van der Waals surface area contributed by atoms with Crippen LogP contribution in [-0.4, -0.2) is 23.0 Å². The molecule has 0 aliphatic carbocycles. The van der Waals surface area contributed by atoms with Gasteiger partial charge in [-0.15, -0.1) is 0 Å². The number of nitrogens with one attached hydrogen (secondary N) is 1. The van der Waals surface area contributed by atoms with Crippen LogP contribution >= 0.6 is 0 Å². The van der Waals surface area contributed by atoms with Gasteiger partial charge in [0, 0.05) is 18.9 Å². The lowest BCUT2D eigenvalue weighted by Gasteiger charge is -2.17. The fraction of sp³-hybridized carbons (Fsp3) is 0.619. The Hall–Kier alpha value is -1.84. The summed E-state index contributed by atoms with van der Waals surface area (Å²) < 4.78 is 0. The molecule has 1 amide bonds. The molecule has 1 aromatic rings. The largest absolute Gasteiger partial charge is 0.481 e. The number of aliphatic carboxylic acids is 1. The van der Waals surface area contributed by atoms with Crippen molar-refractivity contribution in [3.8, 4) is 0 Å². The molecule has 0 heterocycles. The summed E-state index contributed by atoms with van der Waals surface area (Å²) in [5, 5.41) is 11.8. The lowest BCUT2D eigenvalue weighted by atomic mass is 10.0. The fourth-order valence-electron chi connectivity index (χ4n) is 2.95. The lowest BCUT2D eigenvalue weighted by Crippen LogP contribution is -2.35. The van der Waals surface area contributed by atoms with Crippen molar-refractivity contribution in [2.45, 2.75) is 83.6 Å². The minimum Gasteiger partial charge on any atom is -0.481 e. The van der Waals surface area contributed by atoms with Crippen LogP contribution in [0.5, 0.6) is 0 Å². The molecule has 4 heteroatoms. The highest BCUT2D eigenvalue weighted by Crippen LogP contribution is 2.11. The molecule has 140 valence electrons. The molecule has 0 bridgehead atoms. The Morgan fingerprint density at radius 3 is 2.36 bits per heavy atom. The maximum Gasteiger partial charge on any atom is 0.303 e. The summed E-state index contributed by atoms with van der Waals surface area (Å²) >= 11 is 0. The first kappa shape index (κ1) is 21.2. The van der Waals surface area contributed by atoms with Crippen LogP contribution in [0, 0.1) is 0 Å². The molecule has 0 saturated carbocycles. The number of hydrogen-bond acceptors (Lipinski definition) is 2. The third-order valence-electron chi connectivity index (χ3n) is 4.44. The van der Waals surface area contributed by atoms with E-state index in [1.54, 1.807) is 0 Å². The molecular weight excluding hydrogens is 314 g/mol. The van der Waals surface area contributed by atoms with E-state index in [-0.39, 0.29) is 18.4 Å². The Morgan fingerprint density at radius 2 is 1.68 bits per heavy atom. The van der Waals surface area contributed by atoms with Crippen molar-refractivity contribution in [1.29, 1.82) is 0 Å². The predicted molar refractivity (Wildman–Crippen MR) is 102 cm³/mol. The van der Waals surface area contributed by atoms with Gasteiger partial charge in [-0.05, 0) is 37.7 Å². The van der Waals surface area contributed by atoms with Crippen LogP contribution in [0.1, 0.15) is 76.7 Å². The highest BCUT2D eigenvalue weighted by atomic mass is 16.4. The number of benzene rings is 1. The average Bonchev–Trinajstić information content (AvgIpc) is 2.61. The van der Waals surface area contributed by atoms with Crippen LogP contribution in [0.3, 0.4) is 0 Å². The van der Waals surface area contributed by atoms with Crippen LogP contribution in [0.15, 0.2) is 30.3 Å². The van der Waals surface area contributed by atoms with Gasteiger partial charge < -0.3 is 10.4 Å². The minimum absolute atomic E-state index is 0.00151. The molecule has 1 aromatic carbocycles. The van der Waals surface area contributed by atoms with E-state index in [2.05, 4.69) is 36.5 Å². The number of hydrogen-bond donors (Lipinski definition) is 2. The summed E-state index contributed by atoms with van der Waals surface area (Å²) in [5.41, 5.74) is 1.37. The van der Waals surface area contributed by atoms with E-state index >= 15 is 0 Å². The Bertz CT molecular complexity index is 487. The van der Waals surface area contributed by atoms with E-state index in [1.807, 2.05) is 6.07 Å². The second-order valence-electron chi connectivity index (χ2n) is 6.74. The first-order valence-corrected chi connectivity index (χ1v) is 9.67. The van der Waals surface area contributed by atoms with Gasteiger partial charge in [-0.25, -0.2) is 0 Å². The van der Waals surface area contributed by atoms with Gasteiger partial charge in [0.1, 0.15) is 0 Å². The van der Waals surface area contributed by atoms with Crippen LogP contribution < -0.4 is 5.32 Å². The van der Waals surface area contributed by atoms with Crippen molar-refractivity contribution in [2.75, 3.05) is 0 Å². The molecule has 2 N–H and O–H groups in total. The number of carboxylic acid groups (broad SMARTS) is 1. The zero-order chi connectivity index (χ0) is 18.3. The number of carbonyl (C=O) groups excluding carboxylic acids is 1. The Kier molecular flexibility index (Phi) is 11.4. The summed E-state index contributed by atoms with van der Waals surface area (Å²) in [6.07, 6.45) is 9.49. The smallest absolute Gasteiger partial charge is 0.303 e. The Morgan fingerprint density at radius 1 is 0.960 bits per heavy atom. The summed E-state index contributed by atoms with van der Waals surface area (Å²) in [6.45, 7) is 2.10. The highest BCUT2D eigenvalue weighted by molar-refractivity contribution is 5.76. The normalized spacial score (nSPS) is 11.9. The van der Waals surface area contributed by atoms with Crippen LogP contribution in [0.25, 0.3) is 0 Å². The Labute approximate surface area is 152 Å². The summed E-state index contributed by atoms with van der Waals surface area (Å²) in [7, 11) is 0. The minimum atomic E-state index is -0.797. The van der Waals surface area contributed by atoms with Gasteiger partial charge in [-0.3, -0.25) is 9.59 Å². The third-order valence-corrected chi connectivity index (χ3v) is 4.44. The van der Waals surface area contributed by atoms with Crippen molar-refractivity contribution in [3.63, 3.8) is 0 Å². The lowest BCUT2D eigenvalue weighted by molar-refractivity contribution is -0.137.